The van der Waals surface area contributed by atoms with Crippen LogP contribution in [-0.2, 0) is 0 Å². The Labute approximate surface area is 78.4 Å². The summed E-state index contributed by atoms with van der Waals surface area (Å²) in [5.41, 5.74) is 0. The first-order valence-corrected chi connectivity index (χ1v) is 4.90. The van der Waals surface area contributed by atoms with Crippen molar-refractivity contribution in [2.45, 2.75) is 12.8 Å². The summed E-state index contributed by atoms with van der Waals surface area (Å²) < 4.78 is 0. The normalized spacial score (nSPS) is 17.8. The molecule has 1 fully saturated rings. The highest BCUT2D eigenvalue weighted by Crippen LogP contribution is 2.06. The zero-order chi connectivity index (χ0) is 8.93. The Morgan fingerprint density at radius 3 is 3.00 bits per heavy atom. The fourth-order valence-electron chi connectivity index (χ4n) is 1.71. The number of likely N-dealkylation sites (tertiary alicyclic amines) is 1. The molecule has 4 heteroatoms. The van der Waals surface area contributed by atoms with Gasteiger partial charge in [0.15, 0.2) is 0 Å². The number of imidazole rings is 1. The van der Waals surface area contributed by atoms with Crippen LogP contribution in [0.3, 0.4) is 0 Å². The molecule has 1 aromatic rings. The van der Waals surface area contributed by atoms with Gasteiger partial charge < -0.3 is 15.2 Å². The van der Waals surface area contributed by atoms with E-state index in [1.165, 1.54) is 25.9 Å². The number of H-pyrrole nitrogens is 1. The van der Waals surface area contributed by atoms with Gasteiger partial charge in [-0.1, -0.05) is 0 Å². The molecule has 0 atom stereocenters. The summed E-state index contributed by atoms with van der Waals surface area (Å²) in [7, 11) is 0. The van der Waals surface area contributed by atoms with Gasteiger partial charge in [0.25, 0.3) is 0 Å². The van der Waals surface area contributed by atoms with Gasteiger partial charge in [0.1, 0.15) is 5.82 Å². The van der Waals surface area contributed by atoms with E-state index in [0.29, 0.717) is 0 Å². The minimum Gasteiger partial charge on any atom is -0.369 e. The van der Waals surface area contributed by atoms with Crippen molar-refractivity contribution in [1.82, 2.24) is 14.9 Å². The van der Waals surface area contributed by atoms with Crippen molar-refractivity contribution in [3.05, 3.63) is 12.5 Å². The number of hydrogen-bond acceptors (Lipinski definition) is 3. The highest BCUT2D eigenvalue weighted by molar-refractivity contribution is 5.29. The van der Waals surface area contributed by atoms with Gasteiger partial charge in [-0.25, -0.2) is 4.98 Å². The molecule has 1 aromatic heterocycles. The average Bonchev–Trinajstić information content (AvgIpc) is 2.75. The molecular formula is C9H16N4. The van der Waals surface area contributed by atoms with E-state index in [2.05, 4.69) is 20.2 Å². The van der Waals surface area contributed by atoms with Crippen LogP contribution in [0, 0.1) is 0 Å². The smallest absolute Gasteiger partial charge is 0.123 e. The van der Waals surface area contributed by atoms with E-state index in [0.717, 1.165) is 18.9 Å². The molecule has 0 amide bonds. The first-order valence-electron chi connectivity index (χ1n) is 4.90. The fraction of sp³-hybridized carbons (Fsp3) is 0.667. The van der Waals surface area contributed by atoms with Crippen molar-refractivity contribution in [1.29, 1.82) is 0 Å². The van der Waals surface area contributed by atoms with Crippen LogP contribution in [0.1, 0.15) is 12.8 Å². The Morgan fingerprint density at radius 2 is 2.31 bits per heavy atom. The molecule has 0 aromatic carbocycles. The van der Waals surface area contributed by atoms with Gasteiger partial charge in [-0.3, -0.25) is 0 Å². The second-order valence-corrected chi connectivity index (χ2v) is 3.44. The summed E-state index contributed by atoms with van der Waals surface area (Å²) in [5, 5.41) is 3.29. The second-order valence-electron chi connectivity index (χ2n) is 3.44. The molecule has 72 valence electrons. The van der Waals surface area contributed by atoms with Crippen LogP contribution < -0.4 is 5.32 Å². The zero-order valence-corrected chi connectivity index (χ0v) is 7.79. The Hall–Kier alpha value is -1.03. The molecule has 0 aliphatic carbocycles. The minimum atomic E-state index is 1.00. The maximum absolute atomic E-state index is 3.94. The maximum atomic E-state index is 3.94. The molecule has 1 aliphatic rings. The number of rotatable bonds is 4. The van der Waals surface area contributed by atoms with Crippen LogP contribution in [0.15, 0.2) is 12.5 Å². The van der Waals surface area contributed by atoms with Crippen LogP contribution in [-0.4, -0.2) is 41.0 Å². The number of aromatic amines is 1. The number of aromatic nitrogens is 2. The fourth-order valence-corrected chi connectivity index (χ4v) is 1.71. The lowest BCUT2D eigenvalue weighted by molar-refractivity contribution is 0.352. The van der Waals surface area contributed by atoms with Crippen molar-refractivity contribution in [2.75, 3.05) is 31.5 Å². The lowest BCUT2D eigenvalue weighted by Gasteiger charge is -2.14. The average molecular weight is 180 g/mol. The van der Waals surface area contributed by atoms with Crippen LogP contribution in [0.5, 0.6) is 0 Å². The minimum absolute atomic E-state index is 1.00. The molecule has 1 aliphatic heterocycles. The monoisotopic (exact) mass is 180 g/mol. The van der Waals surface area contributed by atoms with E-state index in [4.69, 9.17) is 0 Å². The summed E-state index contributed by atoms with van der Waals surface area (Å²) in [5.74, 6) is 1.01. The zero-order valence-electron chi connectivity index (χ0n) is 7.79. The van der Waals surface area contributed by atoms with E-state index in [1.54, 1.807) is 6.33 Å². The van der Waals surface area contributed by atoms with Gasteiger partial charge in [-0.05, 0) is 25.9 Å². The van der Waals surface area contributed by atoms with Crippen molar-refractivity contribution in [3.63, 3.8) is 0 Å². The molecule has 0 unspecified atom stereocenters. The van der Waals surface area contributed by atoms with Gasteiger partial charge in [0.2, 0.25) is 0 Å². The third kappa shape index (κ3) is 2.45. The number of hydrogen-bond donors (Lipinski definition) is 2. The largest absolute Gasteiger partial charge is 0.369 e. The SMILES string of the molecule is c1ncc(NCCN2CCCC2)[nH]1. The van der Waals surface area contributed by atoms with E-state index >= 15 is 0 Å². The summed E-state index contributed by atoms with van der Waals surface area (Å²) in [6.45, 7) is 4.68. The molecule has 13 heavy (non-hydrogen) atoms. The molecule has 0 radical (unpaired) electrons. The quantitative estimate of drug-likeness (QED) is 0.724. The third-order valence-corrected chi connectivity index (χ3v) is 2.44. The number of nitrogens with zero attached hydrogens (tertiary/aromatic N) is 2. The van der Waals surface area contributed by atoms with Crippen molar-refractivity contribution in [3.8, 4) is 0 Å². The van der Waals surface area contributed by atoms with Crippen LogP contribution in [0.2, 0.25) is 0 Å². The molecule has 4 nitrogen and oxygen atoms in total. The molecule has 2 heterocycles. The van der Waals surface area contributed by atoms with E-state index in [1.807, 2.05) is 6.20 Å². The standard InChI is InChI=1S/C9H16N4/c1-2-5-13(4-1)6-3-11-9-7-10-8-12-9/h7-8,11H,1-6H2,(H,10,12). The number of nitrogens with one attached hydrogen (secondary N) is 2. The molecule has 0 bridgehead atoms. The molecule has 2 N–H and O–H groups in total. The van der Waals surface area contributed by atoms with Crippen molar-refractivity contribution in [2.24, 2.45) is 0 Å². The van der Waals surface area contributed by atoms with Crippen LogP contribution in [0.25, 0.3) is 0 Å². The Balaban J connectivity index is 1.63. The van der Waals surface area contributed by atoms with Crippen molar-refractivity contribution >= 4 is 5.82 Å². The second kappa shape index (κ2) is 4.28. The van der Waals surface area contributed by atoms with E-state index < -0.39 is 0 Å². The summed E-state index contributed by atoms with van der Waals surface area (Å²) in [6.07, 6.45) is 6.23. The highest BCUT2D eigenvalue weighted by atomic mass is 15.2. The van der Waals surface area contributed by atoms with Gasteiger partial charge in [0.05, 0.1) is 12.5 Å². The highest BCUT2D eigenvalue weighted by Gasteiger charge is 2.09. The predicted molar refractivity (Wildman–Crippen MR) is 52.8 cm³/mol. The van der Waals surface area contributed by atoms with Crippen molar-refractivity contribution < 1.29 is 0 Å². The number of anilines is 1. The molecule has 2 rings (SSSR count). The molecule has 0 spiro atoms. The lowest BCUT2D eigenvalue weighted by Crippen LogP contribution is -2.25. The third-order valence-electron chi connectivity index (χ3n) is 2.44. The first kappa shape index (κ1) is 8.56. The van der Waals surface area contributed by atoms with Gasteiger partial charge in [-0.15, -0.1) is 0 Å². The molecule has 1 saturated heterocycles. The summed E-state index contributed by atoms with van der Waals surface area (Å²) in [6, 6.07) is 0. The Morgan fingerprint density at radius 1 is 1.46 bits per heavy atom. The molecule has 0 saturated carbocycles. The maximum Gasteiger partial charge on any atom is 0.123 e. The summed E-state index contributed by atoms with van der Waals surface area (Å²) in [4.78, 5) is 9.45. The van der Waals surface area contributed by atoms with Gasteiger partial charge >= 0.3 is 0 Å². The van der Waals surface area contributed by atoms with Gasteiger partial charge in [0, 0.05) is 13.1 Å². The van der Waals surface area contributed by atoms with E-state index in [9.17, 15) is 0 Å². The van der Waals surface area contributed by atoms with E-state index in [-0.39, 0.29) is 0 Å². The Kier molecular flexibility index (Phi) is 2.82. The van der Waals surface area contributed by atoms with Crippen LogP contribution in [0.4, 0.5) is 5.82 Å². The topological polar surface area (TPSA) is 44.0 Å². The molecular weight excluding hydrogens is 164 g/mol. The summed E-state index contributed by atoms with van der Waals surface area (Å²) >= 11 is 0. The first-order chi connectivity index (χ1) is 6.45. The van der Waals surface area contributed by atoms with Gasteiger partial charge in [-0.2, -0.15) is 0 Å². The predicted octanol–water partition coefficient (Wildman–Crippen LogP) is 0.917. The Bertz CT molecular complexity index is 226. The lowest BCUT2D eigenvalue weighted by atomic mass is 10.4. The van der Waals surface area contributed by atoms with Crippen LogP contribution >= 0.6 is 0 Å².